The van der Waals surface area contributed by atoms with E-state index < -0.39 is 20.5 Å². The van der Waals surface area contributed by atoms with Crippen molar-refractivity contribution >= 4 is 24.2 Å². The Morgan fingerprint density at radius 2 is 1.37 bits per heavy atom. The highest BCUT2D eigenvalue weighted by molar-refractivity contribution is 9.10. The van der Waals surface area contributed by atoms with Crippen LogP contribution in [0.2, 0.25) is 18.1 Å². The summed E-state index contributed by atoms with van der Waals surface area (Å²) < 4.78 is 31.3. The molecule has 0 radical (unpaired) electrons. The van der Waals surface area contributed by atoms with Gasteiger partial charge in [-0.05, 0) is 59.9 Å². The van der Waals surface area contributed by atoms with E-state index in [9.17, 15) is 10.2 Å². The van der Waals surface area contributed by atoms with Crippen LogP contribution in [0.25, 0.3) is 0 Å². The van der Waals surface area contributed by atoms with E-state index in [4.69, 9.17) is 23.4 Å². The fourth-order valence-electron chi connectivity index (χ4n) is 5.17. The second kappa shape index (κ2) is 17.1. The van der Waals surface area contributed by atoms with Crippen LogP contribution in [0, 0.1) is 0 Å². The number of aliphatic hydroxyl groups is 2. The van der Waals surface area contributed by atoms with Crippen molar-refractivity contribution in [1.82, 2.24) is 0 Å². The quantitative estimate of drug-likeness (QED) is 0.123. The van der Waals surface area contributed by atoms with E-state index in [1.165, 1.54) is 0 Å². The van der Waals surface area contributed by atoms with Crippen LogP contribution in [0.5, 0.6) is 5.75 Å². The van der Waals surface area contributed by atoms with Crippen molar-refractivity contribution in [1.29, 1.82) is 0 Å². The monoisotopic (exact) mass is 652 g/mol. The van der Waals surface area contributed by atoms with Gasteiger partial charge in [0.1, 0.15) is 11.9 Å². The lowest BCUT2D eigenvalue weighted by molar-refractivity contribution is -0.0936. The molecule has 2 aromatic rings. The molecule has 7 nitrogen and oxygen atoms in total. The predicted molar refractivity (Wildman–Crippen MR) is 168 cm³/mol. The number of halogens is 1. The van der Waals surface area contributed by atoms with E-state index in [0.29, 0.717) is 19.8 Å². The molecule has 0 saturated carbocycles. The number of methoxy groups -OCH3 is 1. The Hall–Kier alpha value is -1.30. The van der Waals surface area contributed by atoms with E-state index in [-0.39, 0.29) is 37.3 Å². The molecule has 0 aliphatic carbocycles. The van der Waals surface area contributed by atoms with Crippen molar-refractivity contribution in [2.24, 2.45) is 0 Å². The Kier molecular flexibility index (Phi) is 14.3. The van der Waals surface area contributed by atoms with Gasteiger partial charge in [0.25, 0.3) is 0 Å². The van der Waals surface area contributed by atoms with Crippen LogP contribution in [0.1, 0.15) is 58.1 Å². The maximum absolute atomic E-state index is 11.2. The van der Waals surface area contributed by atoms with Gasteiger partial charge in [-0.15, -0.1) is 0 Å². The van der Waals surface area contributed by atoms with Crippen LogP contribution in [0.3, 0.4) is 0 Å². The summed E-state index contributed by atoms with van der Waals surface area (Å²) in [6.45, 7) is 10.1. The number of benzene rings is 2. The second-order valence-electron chi connectivity index (χ2n) is 11.0. The molecule has 0 aromatic heterocycles. The largest absolute Gasteiger partial charge is 0.497 e. The number of rotatable bonds is 20. The standard InChI is InChI=1S/C32H49BrO7Si/c1-6-29(40-41(7-2,8-3)9-4)30(37-21-24-12-16-26(36-5)17-13-24)18-27(34)28(35)19-31(32-22-39-32)38-20-23-10-14-25(33)15-11-23/h10-17,27-32,34-35H,6-9,18-22H2,1-5H3/t27-,28-,29+,30-,31-,32+/m0/s1. The van der Waals surface area contributed by atoms with Crippen LogP contribution in [0.15, 0.2) is 53.0 Å². The minimum absolute atomic E-state index is 0.0635. The molecule has 1 fully saturated rings. The highest BCUT2D eigenvalue weighted by atomic mass is 79.9. The third-order valence-electron chi connectivity index (χ3n) is 8.32. The lowest BCUT2D eigenvalue weighted by Gasteiger charge is -2.37. The summed E-state index contributed by atoms with van der Waals surface area (Å²) in [4.78, 5) is 0. The van der Waals surface area contributed by atoms with Crippen molar-refractivity contribution in [2.45, 2.75) is 115 Å². The third-order valence-corrected chi connectivity index (χ3v) is 13.5. The fourth-order valence-corrected chi connectivity index (χ4v) is 8.39. The number of epoxide rings is 1. The topological polar surface area (TPSA) is 89.9 Å². The Bertz CT molecular complexity index is 990. The first-order chi connectivity index (χ1) is 19.8. The molecular formula is C32H49BrO7Si. The zero-order valence-corrected chi connectivity index (χ0v) is 27.8. The highest BCUT2D eigenvalue weighted by Crippen LogP contribution is 2.30. The lowest BCUT2D eigenvalue weighted by Crippen LogP contribution is -2.46. The summed E-state index contributed by atoms with van der Waals surface area (Å²) in [7, 11) is -0.275. The molecule has 1 aliphatic rings. The molecule has 0 spiro atoms. The van der Waals surface area contributed by atoms with Gasteiger partial charge in [-0.1, -0.05) is 67.9 Å². The summed E-state index contributed by atoms with van der Waals surface area (Å²) in [5.74, 6) is 0.791. The molecule has 9 heteroatoms. The van der Waals surface area contributed by atoms with Crippen LogP contribution in [-0.4, -0.2) is 68.9 Å². The summed E-state index contributed by atoms with van der Waals surface area (Å²) >= 11 is 3.46. The average Bonchev–Trinajstić information content (AvgIpc) is 3.85. The maximum Gasteiger partial charge on any atom is 0.192 e. The minimum atomic E-state index is -1.92. The first-order valence-electron chi connectivity index (χ1n) is 15.0. The molecule has 2 N–H and O–H groups in total. The normalized spacial score (nSPS) is 18.9. The molecule has 230 valence electrons. The molecule has 0 bridgehead atoms. The minimum Gasteiger partial charge on any atom is -0.497 e. The Balaban J connectivity index is 1.68. The fraction of sp³-hybridized carbons (Fsp3) is 0.625. The average molecular weight is 654 g/mol. The maximum atomic E-state index is 11.2. The number of aliphatic hydroxyl groups excluding tert-OH is 2. The SMILES string of the molecule is CC[C@@H](O[Si](CC)(CC)CC)[C@H](C[C@H](O)[C@@H](O)C[C@H](OCc1ccc(Br)cc1)[C@H]1CO1)OCc1ccc(OC)cc1. The van der Waals surface area contributed by atoms with Gasteiger partial charge in [0, 0.05) is 17.3 Å². The molecule has 3 rings (SSSR count). The molecule has 1 aliphatic heterocycles. The van der Waals surface area contributed by atoms with Crippen molar-refractivity contribution in [3.05, 3.63) is 64.1 Å². The lowest BCUT2D eigenvalue weighted by atomic mass is 9.97. The van der Waals surface area contributed by atoms with Crippen molar-refractivity contribution in [3.8, 4) is 5.75 Å². The zero-order chi connectivity index (χ0) is 29.8. The van der Waals surface area contributed by atoms with Gasteiger partial charge >= 0.3 is 0 Å². The molecule has 6 atom stereocenters. The van der Waals surface area contributed by atoms with Crippen molar-refractivity contribution in [3.63, 3.8) is 0 Å². The smallest absolute Gasteiger partial charge is 0.192 e. The van der Waals surface area contributed by atoms with Gasteiger partial charge in [0.05, 0.1) is 57.5 Å². The summed E-state index contributed by atoms with van der Waals surface area (Å²) in [6.07, 6.45) is -1.58. The first-order valence-corrected chi connectivity index (χ1v) is 18.3. The van der Waals surface area contributed by atoms with E-state index in [1.54, 1.807) is 7.11 Å². The van der Waals surface area contributed by atoms with E-state index in [0.717, 1.165) is 45.9 Å². The molecule has 2 aromatic carbocycles. The molecule has 41 heavy (non-hydrogen) atoms. The zero-order valence-electron chi connectivity index (χ0n) is 25.3. The number of hydrogen-bond donors (Lipinski definition) is 2. The Morgan fingerprint density at radius 1 is 0.829 bits per heavy atom. The van der Waals surface area contributed by atoms with Crippen LogP contribution >= 0.6 is 15.9 Å². The van der Waals surface area contributed by atoms with Gasteiger partial charge < -0.3 is 33.6 Å². The van der Waals surface area contributed by atoms with Gasteiger partial charge in [0.15, 0.2) is 8.32 Å². The Morgan fingerprint density at radius 3 is 1.88 bits per heavy atom. The van der Waals surface area contributed by atoms with Crippen LogP contribution < -0.4 is 4.74 Å². The molecular weight excluding hydrogens is 604 g/mol. The first kappa shape index (κ1) is 34.2. The second-order valence-corrected chi connectivity index (χ2v) is 16.6. The predicted octanol–water partition coefficient (Wildman–Crippen LogP) is 6.63. The molecule has 1 heterocycles. The molecule has 0 amide bonds. The number of hydrogen-bond acceptors (Lipinski definition) is 7. The highest BCUT2D eigenvalue weighted by Gasteiger charge is 2.39. The van der Waals surface area contributed by atoms with E-state index >= 15 is 0 Å². The third kappa shape index (κ3) is 10.7. The van der Waals surface area contributed by atoms with Crippen LogP contribution in [-0.2, 0) is 31.9 Å². The molecule has 0 unspecified atom stereocenters. The Labute approximate surface area is 255 Å². The number of ether oxygens (including phenoxy) is 4. The van der Waals surface area contributed by atoms with Crippen LogP contribution in [0.4, 0.5) is 0 Å². The van der Waals surface area contributed by atoms with E-state index in [1.807, 2.05) is 48.5 Å². The molecule has 1 saturated heterocycles. The van der Waals surface area contributed by atoms with Crippen molar-refractivity contribution < 1.29 is 33.6 Å². The van der Waals surface area contributed by atoms with Gasteiger partial charge in [-0.3, -0.25) is 0 Å². The summed E-state index contributed by atoms with van der Waals surface area (Å²) in [5, 5.41) is 22.4. The van der Waals surface area contributed by atoms with Gasteiger partial charge in [0.2, 0.25) is 0 Å². The summed E-state index contributed by atoms with van der Waals surface area (Å²) in [5.41, 5.74) is 2.05. The van der Waals surface area contributed by atoms with Gasteiger partial charge in [-0.2, -0.15) is 0 Å². The summed E-state index contributed by atoms with van der Waals surface area (Å²) in [6, 6.07) is 18.9. The van der Waals surface area contributed by atoms with Crippen molar-refractivity contribution in [2.75, 3.05) is 13.7 Å². The van der Waals surface area contributed by atoms with Gasteiger partial charge in [-0.25, -0.2) is 0 Å². The van der Waals surface area contributed by atoms with E-state index in [2.05, 4.69) is 43.6 Å².